The SMILES string of the molecule is COC(=O)c1ccc(NCc2ccccc2Cl)c(NC(C)=O)c1. The van der Waals surface area contributed by atoms with E-state index in [0.717, 1.165) is 5.56 Å². The Morgan fingerprint density at radius 3 is 2.52 bits per heavy atom. The predicted octanol–water partition coefficient (Wildman–Crippen LogP) is 3.70. The van der Waals surface area contributed by atoms with Crippen molar-refractivity contribution < 1.29 is 14.3 Å². The quantitative estimate of drug-likeness (QED) is 0.819. The molecular weight excluding hydrogens is 316 g/mol. The molecule has 0 bridgehead atoms. The van der Waals surface area contributed by atoms with Crippen molar-refractivity contribution in [1.82, 2.24) is 0 Å². The van der Waals surface area contributed by atoms with Crippen molar-refractivity contribution in [2.75, 3.05) is 17.7 Å². The first kappa shape index (κ1) is 16.8. The summed E-state index contributed by atoms with van der Waals surface area (Å²) in [6.45, 7) is 1.90. The fourth-order valence-corrected chi connectivity index (χ4v) is 2.27. The van der Waals surface area contributed by atoms with E-state index in [1.165, 1.54) is 14.0 Å². The summed E-state index contributed by atoms with van der Waals surface area (Å²) in [4.78, 5) is 23.0. The third kappa shape index (κ3) is 4.47. The molecule has 0 aliphatic rings. The fourth-order valence-electron chi connectivity index (χ4n) is 2.07. The van der Waals surface area contributed by atoms with Gasteiger partial charge >= 0.3 is 5.97 Å². The van der Waals surface area contributed by atoms with Gasteiger partial charge in [0.05, 0.1) is 24.0 Å². The molecule has 6 heteroatoms. The van der Waals surface area contributed by atoms with Crippen LogP contribution in [0.2, 0.25) is 5.02 Å². The highest BCUT2D eigenvalue weighted by Gasteiger charge is 2.11. The molecule has 0 aliphatic heterocycles. The number of halogens is 1. The molecule has 5 nitrogen and oxygen atoms in total. The van der Waals surface area contributed by atoms with Crippen LogP contribution in [0, 0.1) is 0 Å². The van der Waals surface area contributed by atoms with Gasteiger partial charge in [0.2, 0.25) is 5.91 Å². The third-order valence-electron chi connectivity index (χ3n) is 3.18. The number of carbonyl (C=O) groups is 2. The second kappa shape index (κ2) is 7.65. The first-order valence-electron chi connectivity index (χ1n) is 6.98. The summed E-state index contributed by atoms with van der Waals surface area (Å²) in [6.07, 6.45) is 0. The lowest BCUT2D eigenvalue weighted by Gasteiger charge is -2.14. The highest BCUT2D eigenvalue weighted by atomic mass is 35.5. The molecule has 2 aromatic carbocycles. The summed E-state index contributed by atoms with van der Waals surface area (Å²) in [7, 11) is 1.31. The molecule has 0 atom stereocenters. The summed E-state index contributed by atoms with van der Waals surface area (Å²) in [6, 6.07) is 12.4. The Bertz CT molecular complexity index is 732. The molecular formula is C17H17ClN2O3. The van der Waals surface area contributed by atoms with Crippen LogP contribution in [-0.4, -0.2) is 19.0 Å². The van der Waals surface area contributed by atoms with Crippen LogP contribution >= 0.6 is 11.6 Å². The first-order chi connectivity index (χ1) is 11.0. The van der Waals surface area contributed by atoms with E-state index in [4.69, 9.17) is 16.3 Å². The summed E-state index contributed by atoms with van der Waals surface area (Å²) in [5.74, 6) is -0.693. The zero-order chi connectivity index (χ0) is 16.8. The van der Waals surface area contributed by atoms with E-state index >= 15 is 0 Å². The van der Waals surface area contributed by atoms with Crippen molar-refractivity contribution in [2.45, 2.75) is 13.5 Å². The molecule has 0 saturated heterocycles. The topological polar surface area (TPSA) is 67.4 Å². The fraction of sp³-hybridized carbons (Fsp3) is 0.176. The highest BCUT2D eigenvalue weighted by molar-refractivity contribution is 6.31. The van der Waals surface area contributed by atoms with Crippen LogP contribution in [0.5, 0.6) is 0 Å². The van der Waals surface area contributed by atoms with Gasteiger partial charge in [0.1, 0.15) is 0 Å². The molecule has 2 aromatic rings. The number of anilines is 2. The maximum Gasteiger partial charge on any atom is 0.337 e. The standard InChI is InChI=1S/C17H17ClN2O3/c1-11(21)20-16-9-12(17(22)23-2)7-8-15(16)19-10-13-5-3-4-6-14(13)18/h3-9,19H,10H2,1-2H3,(H,20,21). The van der Waals surface area contributed by atoms with Crippen molar-refractivity contribution in [3.8, 4) is 0 Å². The van der Waals surface area contributed by atoms with Gasteiger partial charge in [-0.2, -0.15) is 0 Å². The van der Waals surface area contributed by atoms with E-state index in [0.29, 0.717) is 28.5 Å². The zero-order valence-corrected chi connectivity index (χ0v) is 13.6. The molecule has 120 valence electrons. The Morgan fingerprint density at radius 2 is 1.87 bits per heavy atom. The van der Waals surface area contributed by atoms with Crippen LogP contribution in [0.1, 0.15) is 22.8 Å². The smallest absolute Gasteiger partial charge is 0.337 e. The number of ether oxygens (including phenoxy) is 1. The van der Waals surface area contributed by atoms with Crippen LogP contribution in [0.15, 0.2) is 42.5 Å². The second-order valence-corrected chi connectivity index (χ2v) is 5.29. The van der Waals surface area contributed by atoms with Gasteiger partial charge in [-0.25, -0.2) is 4.79 Å². The monoisotopic (exact) mass is 332 g/mol. The largest absolute Gasteiger partial charge is 0.465 e. The lowest BCUT2D eigenvalue weighted by molar-refractivity contribution is -0.114. The van der Waals surface area contributed by atoms with Gasteiger partial charge in [-0.1, -0.05) is 29.8 Å². The van der Waals surface area contributed by atoms with Gasteiger partial charge in [0, 0.05) is 18.5 Å². The minimum Gasteiger partial charge on any atom is -0.465 e. The summed E-state index contributed by atoms with van der Waals surface area (Å²) in [5.41, 5.74) is 2.49. The molecule has 0 unspecified atom stereocenters. The van der Waals surface area contributed by atoms with Gasteiger partial charge < -0.3 is 15.4 Å². The number of nitrogens with one attached hydrogen (secondary N) is 2. The van der Waals surface area contributed by atoms with Crippen molar-refractivity contribution >= 4 is 34.9 Å². The van der Waals surface area contributed by atoms with Crippen LogP contribution in [0.3, 0.4) is 0 Å². The van der Waals surface area contributed by atoms with Crippen molar-refractivity contribution in [3.63, 3.8) is 0 Å². The Balaban J connectivity index is 2.24. The van der Waals surface area contributed by atoms with Crippen molar-refractivity contribution in [3.05, 3.63) is 58.6 Å². The molecule has 0 fully saturated rings. The first-order valence-corrected chi connectivity index (χ1v) is 7.36. The number of hydrogen-bond acceptors (Lipinski definition) is 4. The number of benzene rings is 2. The lowest BCUT2D eigenvalue weighted by Crippen LogP contribution is -2.11. The van der Waals surface area contributed by atoms with Gasteiger partial charge in [-0.05, 0) is 29.8 Å². The maximum atomic E-state index is 11.6. The van der Waals surface area contributed by atoms with E-state index in [-0.39, 0.29) is 5.91 Å². The molecule has 2 N–H and O–H groups in total. The van der Waals surface area contributed by atoms with Gasteiger partial charge in [-0.3, -0.25) is 4.79 Å². The van der Waals surface area contributed by atoms with E-state index in [9.17, 15) is 9.59 Å². The van der Waals surface area contributed by atoms with Crippen LogP contribution < -0.4 is 10.6 Å². The van der Waals surface area contributed by atoms with Crippen molar-refractivity contribution in [1.29, 1.82) is 0 Å². The molecule has 0 heterocycles. The van der Waals surface area contributed by atoms with E-state index in [1.807, 2.05) is 24.3 Å². The minimum absolute atomic E-state index is 0.229. The second-order valence-electron chi connectivity index (χ2n) is 4.88. The lowest BCUT2D eigenvalue weighted by atomic mass is 10.1. The Morgan fingerprint density at radius 1 is 1.13 bits per heavy atom. The molecule has 23 heavy (non-hydrogen) atoms. The van der Waals surface area contributed by atoms with Gasteiger partial charge in [-0.15, -0.1) is 0 Å². The highest BCUT2D eigenvalue weighted by Crippen LogP contribution is 2.25. The van der Waals surface area contributed by atoms with E-state index in [2.05, 4.69) is 10.6 Å². The maximum absolute atomic E-state index is 11.6. The molecule has 1 amide bonds. The molecule has 0 radical (unpaired) electrons. The average Bonchev–Trinajstić information content (AvgIpc) is 2.53. The number of rotatable bonds is 5. The Labute approximate surface area is 139 Å². The minimum atomic E-state index is -0.464. The van der Waals surface area contributed by atoms with Gasteiger partial charge in [0.25, 0.3) is 0 Å². The molecule has 0 saturated carbocycles. The number of methoxy groups -OCH3 is 1. The van der Waals surface area contributed by atoms with Gasteiger partial charge in [0.15, 0.2) is 0 Å². The average molecular weight is 333 g/mol. The molecule has 0 spiro atoms. The number of hydrogen-bond donors (Lipinski definition) is 2. The van der Waals surface area contributed by atoms with E-state index < -0.39 is 5.97 Å². The van der Waals surface area contributed by atoms with Crippen LogP contribution in [0.4, 0.5) is 11.4 Å². The molecule has 0 aliphatic carbocycles. The number of amides is 1. The Kier molecular flexibility index (Phi) is 5.60. The molecule has 0 aromatic heterocycles. The summed E-state index contributed by atoms with van der Waals surface area (Å²) in [5, 5.41) is 6.57. The van der Waals surface area contributed by atoms with E-state index in [1.54, 1.807) is 18.2 Å². The summed E-state index contributed by atoms with van der Waals surface area (Å²) >= 11 is 6.13. The van der Waals surface area contributed by atoms with Crippen LogP contribution in [0.25, 0.3) is 0 Å². The van der Waals surface area contributed by atoms with Crippen LogP contribution in [-0.2, 0) is 16.1 Å². The zero-order valence-electron chi connectivity index (χ0n) is 12.9. The summed E-state index contributed by atoms with van der Waals surface area (Å²) < 4.78 is 4.69. The van der Waals surface area contributed by atoms with Crippen molar-refractivity contribution in [2.24, 2.45) is 0 Å². The Hall–Kier alpha value is -2.53. The normalized spacial score (nSPS) is 10.0. The third-order valence-corrected chi connectivity index (χ3v) is 3.55. The molecule has 2 rings (SSSR count). The predicted molar refractivity (Wildman–Crippen MR) is 90.9 cm³/mol. The number of carbonyl (C=O) groups excluding carboxylic acids is 2. The number of esters is 1.